The van der Waals surface area contributed by atoms with Crippen molar-refractivity contribution in [3.63, 3.8) is 0 Å². The molecule has 0 amide bonds. The Bertz CT molecular complexity index is 928. The fraction of sp³-hybridized carbons (Fsp3) is 0.250. The zero-order chi connectivity index (χ0) is 17.1. The molecule has 0 bridgehead atoms. The highest BCUT2D eigenvalue weighted by Crippen LogP contribution is 2.27. The van der Waals surface area contributed by atoms with E-state index in [0.29, 0.717) is 18.5 Å². The molecule has 124 valence electrons. The molecule has 0 saturated carbocycles. The van der Waals surface area contributed by atoms with Crippen LogP contribution in [0.5, 0.6) is 5.75 Å². The zero-order valence-electron chi connectivity index (χ0n) is 13.9. The first-order chi connectivity index (χ1) is 11.6. The van der Waals surface area contributed by atoms with Gasteiger partial charge in [0.05, 0.1) is 0 Å². The average Bonchev–Trinajstić information content (AvgIpc) is 2.59. The molecule has 0 atom stereocenters. The highest BCUT2D eigenvalue weighted by atomic mass is 16.4. The number of para-hydroxylation sites is 1. The number of benzene rings is 2. The second-order valence-corrected chi connectivity index (χ2v) is 5.79. The Morgan fingerprint density at radius 1 is 1.00 bits per heavy atom. The number of fused-ring (bicyclic) bond motifs is 1. The van der Waals surface area contributed by atoms with E-state index >= 15 is 0 Å². The minimum atomic E-state index is -0.410. The molecule has 0 saturated heterocycles. The Morgan fingerprint density at radius 3 is 2.50 bits per heavy atom. The molecule has 0 aliphatic carbocycles. The van der Waals surface area contributed by atoms with Crippen molar-refractivity contribution in [2.75, 3.05) is 5.32 Å². The zero-order valence-corrected chi connectivity index (χ0v) is 13.9. The van der Waals surface area contributed by atoms with E-state index < -0.39 is 5.63 Å². The summed E-state index contributed by atoms with van der Waals surface area (Å²) in [5, 5.41) is 14.3. The van der Waals surface area contributed by atoms with Crippen LogP contribution in [0.3, 0.4) is 0 Å². The minimum absolute atomic E-state index is 0.162. The minimum Gasteiger partial charge on any atom is -0.508 e. The number of aromatic hydroxyl groups is 1. The summed E-state index contributed by atoms with van der Waals surface area (Å²) in [6, 6.07) is 13.1. The van der Waals surface area contributed by atoms with Crippen LogP contribution in [0.4, 0.5) is 5.69 Å². The van der Waals surface area contributed by atoms with Crippen LogP contribution < -0.4 is 10.9 Å². The van der Waals surface area contributed by atoms with E-state index in [1.54, 1.807) is 0 Å². The molecule has 1 heterocycles. The average molecular weight is 323 g/mol. The maximum Gasteiger partial charge on any atom is 0.336 e. The molecule has 0 aliphatic heterocycles. The number of anilines is 1. The maximum atomic E-state index is 11.8. The predicted molar refractivity (Wildman–Crippen MR) is 96.7 cm³/mol. The number of hydrogen-bond acceptors (Lipinski definition) is 4. The summed E-state index contributed by atoms with van der Waals surface area (Å²) in [5.41, 5.74) is 4.01. The quantitative estimate of drug-likeness (QED) is 0.690. The van der Waals surface area contributed by atoms with E-state index in [1.165, 1.54) is 17.7 Å². The van der Waals surface area contributed by atoms with E-state index in [2.05, 4.69) is 18.3 Å². The third-order valence-corrected chi connectivity index (χ3v) is 4.28. The molecule has 24 heavy (non-hydrogen) atoms. The van der Waals surface area contributed by atoms with Gasteiger partial charge in [-0.1, -0.05) is 32.0 Å². The molecular formula is C20H21NO3. The largest absolute Gasteiger partial charge is 0.508 e. The van der Waals surface area contributed by atoms with Gasteiger partial charge in [0, 0.05) is 29.8 Å². The molecule has 4 nitrogen and oxygen atoms in total. The van der Waals surface area contributed by atoms with Crippen LogP contribution >= 0.6 is 0 Å². The van der Waals surface area contributed by atoms with Crippen LogP contribution in [-0.2, 0) is 19.4 Å². The number of phenols is 1. The van der Waals surface area contributed by atoms with Gasteiger partial charge in [-0.3, -0.25) is 0 Å². The van der Waals surface area contributed by atoms with E-state index in [4.69, 9.17) is 4.42 Å². The molecule has 4 heteroatoms. The molecule has 0 aliphatic rings. The summed E-state index contributed by atoms with van der Waals surface area (Å²) in [6.07, 6.45) is 1.65. The second-order valence-electron chi connectivity index (χ2n) is 5.79. The smallest absolute Gasteiger partial charge is 0.336 e. The lowest BCUT2D eigenvalue weighted by Crippen LogP contribution is -2.07. The Morgan fingerprint density at radius 2 is 1.75 bits per heavy atom. The third kappa shape index (κ3) is 3.13. The van der Waals surface area contributed by atoms with Crippen molar-refractivity contribution in [3.8, 4) is 5.75 Å². The molecule has 2 N–H and O–H groups in total. The van der Waals surface area contributed by atoms with Gasteiger partial charge < -0.3 is 14.8 Å². The summed E-state index contributed by atoms with van der Waals surface area (Å²) in [5.74, 6) is 0.162. The maximum absolute atomic E-state index is 11.8. The Hall–Kier alpha value is -2.75. The lowest BCUT2D eigenvalue weighted by Gasteiger charge is -2.13. The van der Waals surface area contributed by atoms with E-state index in [-0.39, 0.29) is 5.75 Å². The van der Waals surface area contributed by atoms with E-state index in [9.17, 15) is 9.90 Å². The molecular weight excluding hydrogens is 302 g/mol. The number of hydrogen-bond donors (Lipinski definition) is 2. The molecule has 2 aromatic carbocycles. The summed E-state index contributed by atoms with van der Waals surface area (Å²) in [6.45, 7) is 4.62. The summed E-state index contributed by atoms with van der Waals surface area (Å²) < 4.78 is 5.24. The van der Waals surface area contributed by atoms with Crippen molar-refractivity contribution < 1.29 is 9.52 Å². The monoisotopic (exact) mass is 323 g/mol. The van der Waals surface area contributed by atoms with Gasteiger partial charge in [0.1, 0.15) is 11.3 Å². The van der Waals surface area contributed by atoms with Crippen LogP contribution in [0.15, 0.2) is 51.7 Å². The van der Waals surface area contributed by atoms with Gasteiger partial charge >= 0.3 is 5.63 Å². The fourth-order valence-electron chi connectivity index (χ4n) is 2.93. The predicted octanol–water partition coefficient (Wildman–Crippen LogP) is 4.24. The van der Waals surface area contributed by atoms with Gasteiger partial charge in [-0.05, 0) is 41.7 Å². The van der Waals surface area contributed by atoms with Crippen molar-refractivity contribution in [1.29, 1.82) is 0 Å². The fourth-order valence-corrected chi connectivity index (χ4v) is 2.93. The van der Waals surface area contributed by atoms with E-state index in [1.807, 2.05) is 31.2 Å². The topological polar surface area (TPSA) is 62.5 Å². The Kier molecular flexibility index (Phi) is 4.56. The normalized spacial score (nSPS) is 10.9. The van der Waals surface area contributed by atoms with Crippen LogP contribution in [0.1, 0.15) is 30.5 Å². The number of rotatable bonds is 5. The first kappa shape index (κ1) is 16.1. The third-order valence-electron chi connectivity index (χ3n) is 4.28. The van der Waals surface area contributed by atoms with Crippen LogP contribution in [0, 0.1) is 0 Å². The van der Waals surface area contributed by atoms with Crippen LogP contribution in [0.25, 0.3) is 11.0 Å². The highest BCUT2D eigenvalue weighted by Gasteiger charge is 2.10. The van der Waals surface area contributed by atoms with Gasteiger partial charge in [-0.25, -0.2) is 4.79 Å². The molecule has 0 radical (unpaired) electrons. The molecule has 1 aromatic heterocycles. The number of phenolic OH excluding ortho intramolecular Hbond substituents is 1. The summed E-state index contributed by atoms with van der Waals surface area (Å²) in [7, 11) is 0. The summed E-state index contributed by atoms with van der Waals surface area (Å²) in [4.78, 5) is 11.8. The van der Waals surface area contributed by atoms with Crippen molar-refractivity contribution in [2.45, 2.75) is 33.2 Å². The van der Waals surface area contributed by atoms with Gasteiger partial charge in [-0.2, -0.15) is 0 Å². The first-order valence-corrected chi connectivity index (χ1v) is 8.22. The van der Waals surface area contributed by atoms with Gasteiger partial charge in [0.2, 0.25) is 0 Å². The first-order valence-electron chi connectivity index (χ1n) is 8.22. The van der Waals surface area contributed by atoms with Crippen molar-refractivity contribution in [1.82, 2.24) is 0 Å². The van der Waals surface area contributed by atoms with Crippen molar-refractivity contribution >= 4 is 16.7 Å². The van der Waals surface area contributed by atoms with E-state index in [0.717, 1.165) is 28.6 Å². The standard InChI is InChI=1S/C20H21NO3/c1-3-13-7-5-6-8-17(13)21-12-15-10-20(23)24-19-11-18(22)14(4-2)9-16(15)19/h5-11,21-22H,3-4,12H2,1-2H3. The SMILES string of the molecule is CCc1cc2c(CNc3ccccc3CC)cc(=O)oc2cc1O. The highest BCUT2D eigenvalue weighted by molar-refractivity contribution is 5.83. The number of nitrogens with one attached hydrogen (secondary N) is 1. The number of aryl methyl sites for hydroxylation is 2. The Balaban J connectivity index is 2.01. The van der Waals surface area contributed by atoms with Gasteiger partial charge in [-0.15, -0.1) is 0 Å². The van der Waals surface area contributed by atoms with Gasteiger partial charge in [0.25, 0.3) is 0 Å². The lowest BCUT2D eigenvalue weighted by molar-refractivity contribution is 0.466. The Labute approximate surface area is 140 Å². The molecule has 0 unspecified atom stereocenters. The van der Waals surface area contributed by atoms with Crippen LogP contribution in [0.2, 0.25) is 0 Å². The van der Waals surface area contributed by atoms with Crippen molar-refractivity contribution in [3.05, 3.63) is 69.6 Å². The summed E-state index contributed by atoms with van der Waals surface area (Å²) >= 11 is 0. The lowest BCUT2D eigenvalue weighted by atomic mass is 10.0. The van der Waals surface area contributed by atoms with Crippen molar-refractivity contribution in [2.24, 2.45) is 0 Å². The second kappa shape index (κ2) is 6.79. The molecule has 0 fully saturated rings. The molecule has 3 aromatic rings. The van der Waals surface area contributed by atoms with Gasteiger partial charge in [0.15, 0.2) is 0 Å². The molecule has 3 rings (SSSR count). The molecule has 0 spiro atoms. The van der Waals surface area contributed by atoms with Crippen LogP contribution in [-0.4, -0.2) is 5.11 Å².